The standard InChI is InChI=1S/C25H22Br2N2O2S/c1-2-16-5-10-20(11-6-16)28-25-29-24(30)23(32-25)14-18-7-12-22(21(27)13-18)31-15-17-3-8-19(26)9-4-17/h3-14,25,28H,2,15H2,1H3,(H,29,30)/b23-14-/t25-/m1/s1. The molecule has 1 aliphatic heterocycles. The van der Waals surface area contributed by atoms with Crippen LogP contribution in [0.4, 0.5) is 5.69 Å². The quantitative estimate of drug-likeness (QED) is 0.300. The number of carbonyl (C=O) groups is 1. The van der Waals surface area contributed by atoms with E-state index in [0.717, 1.165) is 37.9 Å². The van der Waals surface area contributed by atoms with Crippen LogP contribution in [0.5, 0.6) is 5.75 Å². The molecule has 0 aromatic heterocycles. The summed E-state index contributed by atoms with van der Waals surface area (Å²) in [6.45, 7) is 2.61. The highest BCUT2D eigenvalue weighted by Gasteiger charge is 2.27. The van der Waals surface area contributed by atoms with Crippen molar-refractivity contribution in [2.45, 2.75) is 25.4 Å². The Labute approximate surface area is 209 Å². The summed E-state index contributed by atoms with van der Waals surface area (Å²) in [6, 6.07) is 22.1. The molecule has 1 atom stereocenters. The van der Waals surface area contributed by atoms with Crippen molar-refractivity contribution in [3.63, 3.8) is 0 Å². The van der Waals surface area contributed by atoms with Crippen LogP contribution in [0.2, 0.25) is 0 Å². The van der Waals surface area contributed by atoms with Crippen LogP contribution < -0.4 is 15.4 Å². The highest BCUT2D eigenvalue weighted by Crippen LogP contribution is 2.33. The van der Waals surface area contributed by atoms with Crippen molar-refractivity contribution in [2.24, 2.45) is 0 Å². The molecule has 0 spiro atoms. The molecule has 1 saturated heterocycles. The topological polar surface area (TPSA) is 50.4 Å². The minimum Gasteiger partial charge on any atom is -0.488 e. The van der Waals surface area contributed by atoms with Crippen molar-refractivity contribution in [2.75, 3.05) is 5.32 Å². The van der Waals surface area contributed by atoms with E-state index in [9.17, 15) is 4.79 Å². The summed E-state index contributed by atoms with van der Waals surface area (Å²) < 4.78 is 7.82. The number of aryl methyl sites for hydroxylation is 1. The Balaban J connectivity index is 1.38. The van der Waals surface area contributed by atoms with Gasteiger partial charge in [0.15, 0.2) is 5.50 Å². The lowest BCUT2D eigenvalue weighted by atomic mass is 10.1. The van der Waals surface area contributed by atoms with Gasteiger partial charge in [0.1, 0.15) is 12.4 Å². The lowest BCUT2D eigenvalue weighted by Crippen LogP contribution is -2.30. The monoisotopic (exact) mass is 572 g/mol. The second-order valence-electron chi connectivity index (χ2n) is 7.28. The number of hydrogen-bond acceptors (Lipinski definition) is 4. The Morgan fingerprint density at radius 1 is 1.03 bits per heavy atom. The predicted octanol–water partition coefficient (Wildman–Crippen LogP) is 6.95. The predicted molar refractivity (Wildman–Crippen MR) is 140 cm³/mol. The average Bonchev–Trinajstić information content (AvgIpc) is 3.13. The van der Waals surface area contributed by atoms with E-state index in [2.05, 4.69) is 61.5 Å². The Hall–Kier alpha value is -2.22. The number of halogens is 2. The summed E-state index contributed by atoms with van der Waals surface area (Å²) in [7, 11) is 0. The number of amides is 1. The molecular formula is C25H22Br2N2O2S. The number of anilines is 1. The van der Waals surface area contributed by atoms with E-state index in [4.69, 9.17) is 4.74 Å². The van der Waals surface area contributed by atoms with Crippen LogP contribution in [0.15, 0.2) is 80.6 Å². The molecule has 2 N–H and O–H groups in total. The average molecular weight is 574 g/mol. The SMILES string of the molecule is CCc1ccc(N[C@@H]2NC(=O)/C(=C/c3ccc(OCc4ccc(Br)cc4)c(Br)c3)S2)cc1. The Bertz CT molecular complexity index is 1130. The molecular weight excluding hydrogens is 552 g/mol. The summed E-state index contributed by atoms with van der Waals surface area (Å²) in [6.07, 6.45) is 2.90. The van der Waals surface area contributed by atoms with Crippen molar-refractivity contribution in [1.29, 1.82) is 0 Å². The van der Waals surface area contributed by atoms with Crippen LogP contribution in [-0.4, -0.2) is 11.4 Å². The van der Waals surface area contributed by atoms with Gasteiger partial charge in [-0.25, -0.2) is 0 Å². The normalized spacial score (nSPS) is 16.8. The zero-order chi connectivity index (χ0) is 22.5. The van der Waals surface area contributed by atoms with E-state index in [1.165, 1.54) is 17.3 Å². The van der Waals surface area contributed by atoms with Gasteiger partial charge < -0.3 is 15.4 Å². The van der Waals surface area contributed by atoms with Crippen molar-refractivity contribution in [3.8, 4) is 5.75 Å². The van der Waals surface area contributed by atoms with Crippen molar-refractivity contribution in [1.82, 2.24) is 5.32 Å². The molecule has 1 amide bonds. The van der Waals surface area contributed by atoms with Gasteiger partial charge in [-0.1, -0.05) is 64.9 Å². The molecule has 4 rings (SSSR count). The van der Waals surface area contributed by atoms with Crippen LogP contribution in [-0.2, 0) is 17.8 Å². The summed E-state index contributed by atoms with van der Waals surface area (Å²) >= 11 is 8.50. The first kappa shape index (κ1) is 23.0. The van der Waals surface area contributed by atoms with E-state index < -0.39 is 0 Å². The fourth-order valence-corrected chi connectivity index (χ4v) is 4.93. The zero-order valence-corrected chi connectivity index (χ0v) is 21.4. The molecule has 164 valence electrons. The molecule has 0 radical (unpaired) electrons. The molecule has 1 heterocycles. The number of hydrogen-bond donors (Lipinski definition) is 2. The number of thioether (sulfide) groups is 1. The van der Waals surface area contributed by atoms with Crippen LogP contribution in [0, 0.1) is 0 Å². The van der Waals surface area contributed by atoms with Gasteiger partial charge in [-0.05, 0) is 81.5 Å². The van der Waals surface area contributed by atoms with Crippen molar-refractivity contribution in [3.05, 3.63) is 97.3 Å². The highest BCUT2D eigenvalue weighted by atomic mass is 79.9. The fourth-order valence-electron chi connectivity index (χ4n) is 3.17. The summed E-state index contributed by atoms with van der Waals surface area (Å²) in [5, 5.41) is 6.33. The van der Waals surface area contributed by atoms with Gasteiger partial charge >= 0.3 is 0 Å². The van der Waals surface area contributed by atoms with Crippen molar-refractivity contribution < 1.29 is 9.53 Å². The number of carbonyl (C=O) groups excluding carboxylic acids is 1. The summed E-state index contributed by atoms with van der Waals surface area (Å²) in [5.41, 5.74) is 4.09. The second kappa shape index (κ2) is 10.6. The van der Waals surface area contributed by atoms with Crippen LogP contribution >= 0.6 is 43.6 Å². The van der Waals surface area contributed by atoms with Crippen LogP contribution in [0.3, 0.4) is 0 Å². The minimum absolute atomic E-state index is 0.0793. The first-order valence-corrected chi connectivity index (χ1v) is 12.7. The van der Waals surface area contributed by atoms with Gasteiger partial charge in [-0.2, -0.15) is 0 Å². The maximum absolute atomic E-state index is 12.4. The van der Waals surface area contributed by atoms with Gasteiger partial charge in [0.25, 0.3) is 5.91 Å². The number of ether oxygens (including phenoxy) is 1. The Morgan fingerprint density at radius 2 is 1.75 bits per heavy atom. The molecule has 3 aromatic rings. The first-order chi connectivity index (χ1) is 15.5. The van der Waals surface area contributed by atoms with Gasteiger partial charge in [0, 0.05) is 10.2 Å². The molecule has 0 saturated carbocycles. The van der Waals surface area contributed by atoms with E-state index in [-0.39, 0.29) is 11.4 Å². The smallest absolute Gasteiger partial charge is 0.260 e. The molecule has 0 unspecified atom stereocenters. The maximum Gasteiger partial charge on any atom is 0.260 e. The third-order valence-corrected chi connectivity index (χ3v) is 7.13. The van der Waals surface area contributed by atoms with Crippen LogP contribution in [0.1, 0.15) is 23.6 Å². The number of rotatable bonds is 7. The van der Waals surface area contributed by atoms with Gasteiger partial charge in [0.05, 0.1) is 9.38 Å². The lowest BCUT2D eigenvalue weighted by molar-refractivity contribution is -0.116. The van der Waals surface area contributed by atoms with Gasteiger partial charge in [-0.15, -0.1) is 0 Å². The number of benzene rings is 3. The molecule has 4 nitrogen and oxygen atoms in total. The van der Waals surface area contributed by atoms with Crippen LogP contribution in [0.25, 0.3) is 6.08 Å². The van der Waals surface area contributed by atoms with E-state index in [0.29, 0.717) is 11.5 Å². The first-order valence-electron chi connectivity index (χ1n) is 10.2. The largest absolute Gasteiger partial charge is 0.488 e. The summed E-state index contributed by atoms with van der Waals surface area (Å²) in [4.78, 5) is 13.1. The molecule has 7 heteroatoms. The zero-order valence-electron chi connectivity index (χ0n) is 17.4. The maximum atomic E-state index is 12.4. The van der Waals surface area contributed by atoms with Gasteiger partial charge in [-0.3, -0.25) is 4.79 Å². The Kier molecular flexibility index (Phi) is 7.60. The lowest BCUT2D eigenvalue weighted by Gasteiger charge is -2.12. The molecule has 32 heavy (non-hydrogen) atoms. The summed E-state index contributed by atoms with van der Waals surface area (Å²) in [5.74, 6) is 0.679. The Morgan fingerprint density at radius 3 is 2.44 bits per heavy atom. The van der Waals surface area contributed by atoms with E-state index in [1.54, 1.807) is 0 Å². The minimum atomic E-state index is -0.196. The molecule has 0 bridgehead atoms. The fraction of sp³-hybridized carbons (Fsp3) is 0.160. The highest BCUT2D eigenvalue weighted by molar-refractivity contribution is 9.10. The second-order valence-corrected chi connectivity index (χ2v) is 10.2. The van der Waals surface area contributed by atoms with Gasteiger partial charge in [0.2, 0.25) is 0 Å². The third kappa shape index (κ3) is 5.97. The van der Waals surface area contributed by atoms with Crippen molar-refractivity contribution >= 4 is 61.3 Å². The van der Waals surface area contributed by atoms with E-state index in [1.807, 2.05) is 60.7 Å². The van der Waals surface area contributed by atoms with E-state index >= 15 is 0 Å². The molecule has 3 aromatic carbocycles. The number of nitrogens with one attached hydrogen (secondary N) is 2. The molecule has 1 aliphatic rings. The third-order valence-electron chi connectivity index (χ3n) is 4.95. The molecule has 0 aliphatic carbocycles. The molecule has 1 fully saturated rings.